The van der Waals surface area contributed by atoms with Crippen LogP contribution in [0, 0.1) is 5.16 Å². The lowest BCUT2D eigenvalue weighted by molar-refractivity contribution is -0.119. The van der Waals surface area contributed by atoms with Gasteiger partial charge in [-0.1, -0.05) is 16.9 Å². The summed E-state index contributed by atoms with van der Waals surface area (Å²) in [6.07, 6.45) is 2.64. The van der Waals surface area contributed by atoms with E-state index >= 15 is 0 Å². The number of carbonyl (C=O) groups is 1. The highest BCUT2D eigenvalue weighted by Gasteiger charge is 2.32. The summed E-state index contributed by atoms with van der Waals surface area (Å²) in [6, 6.07) is 14.8. The van der Waals surface area contributed by atoms with Gasteiger partial charge in [-0.25, -0.2) is 0 Å². The van der Waals surface area contributed by atoms with E-state index in [0.29, 0.717) is 41.5 Å². The molecule has 0 aliphatic heterocycles. The van der Waals surface area contributed by atoms with Gasteiger partial charge in [0.1, 0.15) is 24.1 Å². The number of rotatable bonds is 23. The predicted molar refractivity (Wildman–Crippen MR) is 190 cm³/mol. The normalized spacial score (nSPS) is 12.9. The molecule has 1 N–H and O–H groups in total. The number of Topliss-reactive ketones (excluding diaryl/α,β-unsaturated/α-hetero) is 1. The number of hydrogen-bond acceptors (Lipinski definition) is 13. The third-order valence-electron chi connectivity index (χ3n) is 6.08. The standard InChI is InChI=1S/C25H37N6O9P6S/c1-30(27-17-22-11-13-24(14-12-22)39-43-29-42-28-41-26)44(47)40-25-15-9-21(10-16-25)7-6-8-23(32)18-31(19-45(33,35-2)36-3)20-46(34,37-4)38-5/h9-17,26H,6-8,18-20H2,1-5H3/q+1. The van der Waals surface area contributed by atoms with Gasteiger partial charge in [0.05, 0.1) is 19.8 Å². The van der Waals surface area contributed by atoms with Gasteiger partial charge in [0.15, 0.2) is 22.8 Å². The van der Waals surface area contributed by atoms with Crippen LogP contribution in [0.5, 0.6) is 11.5 Å². The van der Waals surface area contributed by atoms with E-state index in [4.69, 9.17) is 44.1 Å². The Morgan fingerprint density at radius 2 is 1.51 bits per heavy atom. The minimum Gasteiger partial charge on any atom is -0.423 e. The zero-order valence-electron chi connectivity index (χ0n) is 26.4. The molecule has 0 bridgehead atoms. The topological polar surface area (TPSA) is 174 Å². The first kappa shape index (κ1) is 41.4. The molecule has 2 aromatic rings. The largest absolute Gasteiger partial charge is 0.540 e. The van der Waals surface area contributed by atoms with Crippen LogP contribution >= 0.6 is 47.9 Å². The first-order valence-electron chi connectivity index (χ1n) is 13.6. The molecule has 0 fully saturated rings. The summed E-state index contributed by atoms with van der Waals surface area (Å²) in [5.74, 6) is 1.11. The number of hydrazone groups is 1. The molecule has 1 atom stereocenters. The number of carbonyl (C=O) groups excluding carboxylic acids is 1. The van der Waals surface area contributed by atoms with Crippen LogP contribution in [0.15, 0.2) is 62.7 Å². The summed E-state index contributed by atoms with van der Waals surface area (Å²) < 4.78 is 66.0. The zero-order chi connectivity index (χ0) is 34.7. The molecule has 1 unspecified atom stereocenters. The van der Waals surface area contributed by atoms with E-state index in [1.54, 1.807) is 30.2 Å². The number of nitrogens with one attached hydrogen (secondary N) is 1. The molecule has 0 aromatic heterocycles. The highest BCUT2D eigenvalue weighted by atomic mass is 32.4. The smallest absolute Gasteiger partial charge is 0.423 e. The number of aryl methyl sites for hydroxylation is 1. The molecule has 0 radical (unpaired) electrons. The summed E-state index contributed by atoms with van der Waals surface area (Å²) in [7, 11) is -0.742. The molecule has 22 heteroatoms. The summed E-state index contributed by atoms with van der Waals surface area (Å²) in [4.78, 5) is 14.2. The maximum absolute atomic E-state index is 12.8. The fourth-order valence-electron chi connectivity index (χ4n) is 3.63. The molecule has 2 aromatic carbocycles. The van der Waals surface area contributed by atoms with Gasteiger partial charge in [0, 0.05) is 34.9 Å². The molecule has 0 aliphatic carbocycles. The Balaban J connectivity index is 1.84. The maximum Gasteiger partial charge on any atom is 0.540 e. The van der Waals surface area contributed by atoms with E-state index in [0.717, 1.165) is 11.1 Å². The summed E-state index contributed by atoms with van der Waals surface area (Å²) in [5, 5.41) is 11.3. The van der Waals surface area contributed by atoms with Crippen LogP contribution < -0.4 is 9.05 Å². The number of ketones is 1. The highest BCUT2D eigenvalue weighted by molar-refractivity contribution is 8.02. The van der Waals surface area contributed by atoms with Crippen LogP contribution in [-0.2, 0) is 50.2 Å². The molecule has 0 aliphatic rings. The molecule has 0 saturated carbocycles. The monoisotopic (exact) mass is 783 g/mol. The second kappa shape index (κ2) is 22.1. The van der Waals surface area contributed by atoms with Crippen LogP contribution in [0.4, 0.5) is 0 Å². The van der Waals surface area contributed by atoms with Crippen molar-refractivity contribution in [3.63, 3.8) is 0 Å². The fourth-order valence-corrected chi connectivity index (χ4v) is 7.98. The average Bonchev–Trinajstić information content (AvgIpc) is 3.08. The van der Waals surface area contributed by atoms with Crippen LogP contribution in [0.3, 0.4) is 0 Å². The lowest BCUT2D eigenvalue weighted by Gasteiger charge is -2.27. The van der Waals surface area contributed by atoms with E-state index in [2.05, 4.69) is 14.1 Å². The van der Waals surface area contributed by atoms with E-state index in [9.17, 15) is 13.9 Å². The van der Waals surface area contributed by atoms with Crippen LogP contribution in [-0.4, -0.2) is 76.3 Å². The van der Waals surface area contributed by atoms with Crippen molar-refractivity contribution < 1.29 is 41.1 Å². The van der Waals surface area contributed by atoms with Gasteiger partial charge >= 0.3 is 22.3 Å². The van der Waals surface area contributed by atoms with Gasteiger partial charge in [0.2, 0.25) is 11.8 Å². The summed E-state index contributed by atoms with van der Waals surface area (Å²) in [6.45, 7) is -0.125. The van der Waals surface area contributed by atoms with Crippen molar-refractivity contribution in [2.75, 3.05) is 54.6 Å². The summed E-state index contributed by atoms with van der Waals surface area (Å²) >= 11 is 5.51. The van der Waals surface area contributed by atoms with Gasteiger partial charge in [-0.3, -0.25) is 28.5 Å². The Morgan fingerprint density at radius 3 is 2.06 bits per heavy atom. The van der Waals surface area contributed by atoms with Crippen molar-refractivity contribution in [1.82, 2.24) is 9.68 Å². The Bertz CT molecular complexity index is 1460. The number of hydrogen-bond donors (Lipinski definition) is 1. The molecule has 256 valence electrons. The van der Waals surface area contributed by atoms with Crippen molar-refractivity contribution in [2.24, 2.45) is 14.1 Å². The van der Waals surface area contributed by atoms with Crippen molar-refractivity contribution in [3.05, 3.63) is 59.7 Å². The third-order valence-corrected chi connectivity index (χ3v) is 13.3. The Kier molecular flexibility index (Phi) is 19.5. The lowest BCUT2D eigenvalue weighted by Crippen LogP contribution is -2.32. The van der Waals surface area contributed by atoms with Gasteiger partial charge in [-0.05, 0) is 60.4 Å². The highest BCUT2D eigenvalue weighted by Crippen LogP contribution is 2.51. The van der Waals surface area contributed by atoms with Crippen LogP contribution in [0.1, 0.15) is 24.0 Å². The minimum atomic E-state index is -3.52. The number of nitrogens with zero attached hydrogens (tertiary/aromatic N) is 5. The van der Waals surface area contributed by atoms with Gasteiger partial charge in [-0.2, -0.15) is 9.03 Å². The molecule has 0 heterocycles. The molecular formula is C25H37N6O9P6S+. The average molecular weight is 784 g/mol. The molecule has 0 amide bonds. The Hall–Kier alpha value is -1.74. The predicted octanol–water partition coefficient (Wildman–Crippen LogP) is 8.98. The maximum atomic E-state index is 12.8. The SMILES string of the molecule is COP(=O)(CN(CC(=O)CCCc1ccc(O[P+](=S)N(C)N=Cc2ccc(OP=NP=NP=N)cc2)cc1)CP(=O)(OC)OC)OC. The molecular weight excluding hydrogens is 746 g/mol. The Morgan fingerprint density at radius 1 is 0.936 bits per heavy atom. The van der Waals surface area contributed by atoms with Crippen molar-refractivity contribution in [3.8, 4) is 11.5 Å². The van der Waals surface area contributed by atoms with E-state index in [-0.39, 0.29) is 39.8 Å². The van der Waals surface area contributed by atoms with Gasteiger partial charge < -0.3 is 22.6 Å². The van der Waals surface area contributed by atoms with Crippen LogP contribution in [0.2, 0.25) is 0 Å². The third kappa shape index (κ3) is 16.0. The minimum absolute atomic E-state index is 0.125. The van der Waals surface area contributed by atoms with Crippen molar-refractivity contribution in [1.29, 1.82) is 5.16 Å². The number of benzene rings is 2. The second-order valence-corrected chi connectivity index (χ2v) is 18.1. The van der Waals surface area contributed by atoms with E-state index < -0.39 is 22.3 Å². The molecule has 0 spiro atoms. The Labute approximate surface area is 286 Å². The zero-order valence-corrected chi connectivity index (χ0v) is 32.6. The quantitative estimate of drug-likeness (QED) is 0.0645. The van der Waals surface area contributed by atoms with Crippen molar-refractivity contribution in [2.45, 2.75) is 19.3 Å². The first-order chi connectivity index (χ1) is 22.5. The molecule has 2 rings (SSSR count). The van der Waals surface area contributed by atoms with Gasteiger partial charge in [0.25, 0.3) is 8.60 Å². The summed E-state index contributed by atoms with van der Waals surface area (Å²) in [5.41, 5.74) is 1.86. The fraction of sp³-hybridized carbons (Fsp3) is 0.440. The van der Waals surface area contributed by atoms with Crippen molar-refractivity contribution >= 4 is 71.7 Å². The molecule has 47 heavy (non-hydrogen) atoms. The van der Waals surface area contributed by atoms with E-state index in [1.165, 1.54) is 33.3 Å². The van der Waals surface area contributed by atoms with Crippen LogP contribution in [0.25, 0.3) is 0 Å². The molecule has 0 saturated heterocycles. The first-order valence-corrected chi connectivity index (χ1v) is 21.7. The van der Waals surface area contributed by atoms with Gasteiger partial charge in [-0.15, -0.1) is 5.10 Å². The van der Waals surface area contributed by atoms with E-state index in [1.807, 2.05) is 36.4 Å². The second-order valence-electron chi connectivity index (χ2n) is 9.27. The molecule has 15 nitrogen and oxygen atoms in total. The lowest BCUT2D eigenvalue weighted by atomic mass is 10.1.